The fourth-order valence-corrected chi connectivity index (χ4v) is 2.86. The fraction of sp³-hybridized carbons (Fsp3) is 0.867. The molecule has 2 aliphatic rings. The Morgan fingerprint density at radius 1 is 1.25 bits per heavy atom. The van der Waals surface area contributed by atoms with E-state index >= 15 is 0 Å². The number of unbranched alkanes of at least 4 members (excludes halogenated alkanes) is 1. The highest BCUT2D eigenvalue weighted by atomic mass is 16.2. The molecule has 20 heavy (non-hydrogen) atoms. The molecule has 2 N–H and O–H groups in total. The van der Waals surface area contributed by atoms with Crippen LogP contribution in [0.3, 0.4) is 0 Å². The number of hydrogen-bond donors (Lipinski definition) is 2. The van der Waals surface area contributed by atoms with Crippen LogP contribution < -0.4 is 10.6 Å². The van der Waals surface area contributed by atoms with Gasteiger partial charge in [-0.3, -0.25) is 9.59 Å². The van der Waals surface area contributed by atoms with Gasteiger partial charge in [-0.2, -0.15) is 0 Å². The van der Waals surface area contributed by atoms with Gasteiger partial charge < -0.3 is 15.5 Å². The highest BCUT2D eigenvalue weighted by Crippen LogP contribution is 2.24. The highest BCUT2D eigenvalue weighted by Gasteiger charge is 2.37. The minimum absolute atomic E-state index is 0.0277. The molecule has 2 unspecified atom stereocenters. The lowest BCUT2D eigenvalue weighted by Gasteiger charge is -2.41. The zero-order valence-corrected chi connectivity index (χ0v) is 12.7. The molecule has 0 aromatic rings. The van der Waals surface area contributed by atoms with Gasteiger partial charge >= 0.3 is 0 Å². The van der Waals surface area contributed by atoms with Gasteiger partial charge in [0, 0.05) is 32.2 Å². The second-order valence-corrected chi connectivity index (χ2v) is 6.11. The van der Waals surface area contributed by atoms with Crippen LogP contribution in [0.1, 0.15) is 39.5 Å². The first kappa shape index (κ1) is 15.3. The molecule has 2 saturated heterocycles. The van der Waals surface area contributed by atoms with Crippen molar-refractivity contribution in [3.05, 3.63) is 0 Å². The summed E-state index contributed by atoms with van der Waals surface area (Å²) in [6.45, 7) is 7.12. The van der Waals surface area contributed by atoms with E-state index in [9.17, 15) is 9.59 Å². The van der Waals surface area contributed by atoms with Gasteiger partial charge in [0.2, 0.25) is 11.8 Å². The van der Waals surface area contributed by atoms with Gasteiger partial charge in [0.15, 0.2) is 0 Å². The number of nitrogens with one attached hydrogen (secondary N) is 2. The van der Waals surface area contributed by atoms with E-state index in [1.807, 2.05) is 4.90 Å². The van der Waals surface area contributed by atoms with Gasteiger partial charge in [0.05, 0.1) is 11.8 Å². The first-order chi connectivity index (χ1) is 9.63. The van der Waals surface area contributed by atoms with E-state index in [4.69, 9.17) is 0 Å². The molecule has 0 aromatic carbocycles. The summed E-state index contributed by atoms with van der Waals surface area (Å²) in [5.74, 6) is 0.441. The highest BCUT2D eigenvalue weighted by molar-refractivity contribution is 5.83. The van der Waals surface area contributed by atoms with Gasteiger partial charge in [0.25, 0.3) is 0 Å². The number of carbonyl (C=O) groups excluding carboxylic acids is 2. The van der Waals surface area contributed by atoms with E-state index < -0.39 is 0 Å². The molecule has 2 amide bonds. The normalized spacial score (nSPS) is 27.0. The van der Waals surface area contributed by atoms with Gasteiger partial charge in [-0.05, 0) is 26.2 Å². The SMILES string of the molecule is CCCCNC(=O)C1CCC(C)N(C(=O)C2CNC2)C1. The van der Waals surface area contributed by atoms with Gasteiger partial charge in [-0.25, -0.2) is 0 Å². The Morgan fingerprint density at radius 2 is 2.00 bits per heavy atom. The van der Waals surface area contributed by atoms with Crippen LogP contribution in [0.2, 0.25) is 0 Å². The quantitative estimate of drug-likeness (QED) is 0.731. The smallest absolute Gasteiger partial charge is 0.228 e. The first-order valence-electron chi connectivity index (χ1n) is 7.92. The minimum Gasteiger partial charge on any atom is -0.356 e. The fourth-order valence-electron chi connectivity index (χ4n) is 2.86. The van der Waals surface area contributed by atoms with Crippen molar-refractivity contribution in [3.63, 3.8) is 0 Å². The summed E-state index contributed by atoms with van der Waals surface area (Å²) >= 11 is 0. The van der Waals surface area contributed by atoms with Crippen LogP contribution in [-0.4, -0.2) is 48.9 Å². The van der Waals surface area contributed by atoms with Crippen molar-refractivity contribution in [2.24, 2.45) is 11.8 Å². The number of likely N-dealkylation sites (tertiary alicyclic amines) is 1. The van der Waals surface area contributed by atoms with Crippen LogP contribution in [-0.2, 0) is 9.59 Å². The van der Waals surface area contributed by atoms with Crippen molar-refractivity contribution in [3.8, 4) is 0 Å². The van der Waals surface area contributed by atoms with E-state index in [2.05, 4.69) is 24.5 Å². The Morgan fingerprint density at radius 3 is 2.60 bits per heavy atom. The van der Waals surface area contributed by atoms with E-state index in [0.29, 0.717) is 6.54 Å². The summed E-state index contributed by atoms with van der Waals surface area (Å²) in [6.07, 6.45) is 3.93. The van der Waals surface area contributed by atoms with Crippen molar-refractivity contribution in [2.45, 2.75) is 45.6 Å². The maximum atomic E-state index is 12.4. The summed E-state index contributed by atoms with van der Waals surface area (Å²) < 4.78 is 0. The molecule has 2 aliphatic heterocycles. The monoisotopic (exact) mass is 281 g/mol. The van der Waals surface area contributed by atoms with Crippen molar-refractivity contribution in [1.82, 2.24) is 15.5 Å². The second kappa shape index (κ2) is 7.07. The van der Waals surface area contributed by atoms with Crippen molar-refractivity contribution >= 4 is 11.8 Å². The molecule has 2 rings (SSSR count). The zero-order chi connectivity index (χ0) is 14.5. The Labute approximate surface area is 121 Å². The van der Waals surface area contributed by atoms with Crippen LogP contribution in [0, 0.1) is 11.8 Å². The Bertz CT molecular complexity index is 355. The van der Waals surface area contributed by atoms with Crippen LogP contribution in [0.4, 0.5) is 0 Å². The van der Waals surface area contributed by atoms with E-state index in [0.717, 1.165) is 45.3 Å². The lowest BCUT2D eigenvalue weighted by Crippen LogP contribution is -2.57. The molecule has 0 aromatic heterocycles. The largest absolute Gasteiger partial charge is 0.356 e. The predicted molar refractivity (Wildman–Crippen MR) is 78.2 cm³/mol. The molecule has 0 radical (unpaired) electrons. The number of piperidine rings is 1. The lowest BCUT2D eigenvalue weighted by atomic mass is 9.90. The molecule has 0 bridgehead atoms. The van der Waals surface area contributed by atoms with Gasteiger partial charge in [0.1, 0.15) is 0 Å². The van der Waals surface area contributed by atoms with Crippen LogP contribution in [0.15, 0.2) is 0 Å². The second-order valence-electron chi connectivity index (χ2n) is 6.11. The van der Waals surface area contributed by atoms with Crippen LogP contribution >= 0.6 is 0 Å². The Hall–Kier alpha value is -1.10. The van der Waals surface area contributed by atoms with E-state index in [1.54, 1.807) is 0 Å². The third-order valence-electron chi connectivity index (χ3n) is 4.50. The predicted octanol–water partition coefficient (Wildman–Crippen LogP) is 0.749. The molecular weight excluding hydrogens is 254 g/mol. The van der Waals surface area contributed by atoms with Crippen molar-refractivity contribution in [1.29, 1.82) is 0 Å². The Kier molecular flexibility index (Phi) is 5.40. The summed E-state index contributed by atoms with van der Waals surface area (Å²) in [4.78, 5) is 26.4. The number of carbonyl (C=O) groups is 2. The standard InChI is InChI=1S/C15H27N3O2/c1-3-4-7-17-14(19)12-6-5-11(2)18(10-12)15(20)13-8-16-9-13/h11-13,16H,3-10H2,1-2H3,(H,17,19). The van der Waals surface area contributed by atoms with Gasteiger partial charge in [-0.15, -0.1) is 0 Å². The third-order valence-corrected chi connectivity index (χ3v) is 4.50. The molecule has 5 heteroatoms. The maximum Gasteiger partial charge on any atom is 0.228 e. The minimum atomic E-state index is -0.0277. The number of amides is 2. The molecule has 5 nitrogen and oxygen atoms in total. The topological polar surface area (TPSA) is 61.4 Å². The van der Waals surface area contributed by atoms with Crippen molar-refractivity contribution < 1.29 is 9.59 Å². The average Bonchev–Trinajstić information content (AvgIpc) is 2.37. The molecule has 0 spiro atoms. The summed E-state index contributed by atoms with van der Waals surface area (Å²) in [5.41, 5.74) is 0. The Balaban J connectivity index is 1.86. The molecule has 2 fully saturated rings. The zero-order valence-electron chi connectivity index (χ0n) is 12.7. The van der Waals surface area contributed by atoms with Gasteiger partial charge in [-0.1, -0.05) is 13.3 Å². The van der Waals surface area contributed by atoms with Crippen LogP contribution in [0.5, 0.6) is 0 Å². The number of rotatable bonds is 5. The molecule has 0 aliphatic carbocycles. The van der Waals surface area contributed by atoms with E-state index in [-0.39, 0.29) is 29.7 Å². The number of hydrogen-bond acceptors (Lipinski definition) is 3. The average molecular weight is 281 g/mol. The van der Waals surface area contributed by atoms with Crippen molar-refractivity contribution in [2.75, 3.05) is 26.2 Å². The molecule has 2 heterocycles. The molecule has 2 atom stereocenters. The summed E-state index contributed by atoms with van der Waals surface area (Å²) in [6, 6.07) is 0.266. The van der Waals surface area contributed by atoms with E-state index in [1.165, 1.54) is 0 Å². The third kappa shape index (κ3) is 3.51. The lowest BCUT2D eigenvalue weighted by molar-refractivity contribution is -0.143. The summed E-state index contributed by atoms with van der Waals surface area (Å²) in [5, 5.41) is 6.13. The number of nitrogens with zero attached hydrogens (tertiary/aromatic N) is 1. The van der Waals surface area contributed by atoms with Crippen LogP contribution in [0.25, 0.3) is 0 Å². The maximum absolute atomic E-state index is 12.4. The first-order valence-corrected chi connectivity index (χ1v) is 7.92. The molecule has 114 valence electrons. The molecule has 0 saturated carbocycles. The molecular formula is C15H27N3O2. The summed E-state index contributed by atoms with van der Waals surface area (Å²) in [7, 11) is 0.